The van der Waals surface area contributed by atoms with Gasteiger partial charge in [-0.15, -0.1) is 0 Å². The fraction of sp³-hybridized carbons (Fsp3) is 0.429. The molecule has 0 fully saturated rings. The molecule has 12 heavy (non-hydrogen) atoms. The number of rotatable bonds is 0. The highest BCUT2D eigenvalue weighted by molar-refractivity contribution is 7.86. The molecule has 0 saturated heterocycles. The molecule has 2 unspecified atom stereocenters. The van der Waals surface area contributed by atoms with Crippen LogP contribution in [0.5, 0.6) is 0 Å². The summed E-state index contributed by atoms with van der Waals surface area (Å²) in [6.07, 6.45) is 6.30. The monoisotopic (exact) mass is 202 g/mol. The van der Waals surface area contributed by atoms with Gasteiger partial charge in [0.15, 0.2) is 0 Å². The number of hydrogen-bond donors (Lipinski definition) is 4. The molecule has 2 aliphatic carbocycles. The zero-order valence-corrected chi connectivity index (χ0v) is 8.46. The van der Waals surface area contributed by atoms with Crippen LogP contribution in [0.25, 0.3) is 0 Å². The van der Waals surface area contributed by atoms with E-state index in [1.807, 2.05) is 0 Å². The Morgan fingerprint density at radius 3 is 2.17 bits per heavy atom. The predicted molar refractivity (Wildman–Crippen MR) is 57.8 cm³/mol. The fourth-order valence-corrected chi connectivity index (χ4v) is 1.59. The summed E-state index contributed by atoms with van der Waals surface area (Å²) in [6, 6.07) is 0. The summed E-state index contributed by atoms with van der Waals surface area (Å²) in [5, 5.41) is 15.5. The van der Waals surface area contributed by atoms with Crippen LogP contribution in [0, 0.1) is 0 Å². The van der Waals surface area contributed by atoms with Gasteiger partial charge in [0.2, 0.25) is 0 Å². The van der Waals surface area contributed by atoms with Crippen LogP contribution in [0.4, 0.5) is 0 Å². The van der Waals surface area contributed by atoms with E-state index in [1.54, 1.807) is 0 Å². The van der Waals surface area contributed by atoms with E-state index in [0.717, 1.165) is 0 Å². The minimum atomic E-state index is -1.17. The lowest BCUT2D eigenvalue weighted by molar-refractivity contribution is 0.417. The molecule has 2 nitrogen and oxygen atoms in total. The molecule has 5 heteroatoms. The van der Waals surface area contributed by atoms with Gasteiger partial charge in [-0.25, -0.2) is 0 Å². The highest BCUT2D eigenvalue weighted by Gasteiger charge is 2.46. The quantitative estimate of drug-likeness (QED) is 0.342. The van der Waals surface area contributed by atoms with Crippen molar-refractivity contribution >= 4 is 32.4 Å². The Bertz CT molecular complexity index is 237. The number of allylic oxidation sites excluding steroid dienone is 1. The van der Waals surface area contributed by atoms with E-state index < -0.39 is 7.12 Å². The molecule has 0 aliphatic heterocycles. The normalized spacial score (nSPS) is 34.8. The maximum Gasteiger partial charge on any atom is 0.448 e. The zero-order valence-electron chi connectivity index (χ0n) is 6.68. The average Bonchev–Trinajstić information content (AvgIpc) is 2.50. The summed E-state index contributed by atoms with van der Waals surface area (Å²) >= 11 is 8.69. The van der Waals surface area contributed by atoms with Gasteiger partial charge >= 0.3 is 7.12 Å². The van der Waals surface area contributed by atoms with E-state index in [4.69, 9.17) is 10.0 Å². The molecule has 0 aromatic heterocycles. The highest BCUT2D eigenvalue weighted by atomic mass is 32.1. The first kappa shape index (κ1) is 10.2. The standard InChI is InChI=1S/C6H6S2.CH5BO2/c7-5-2-1-4-3-6(4,5)8;1-2(3)4/h1-3,5,7-8H;3-4H,1H3. The minimum Gasteiger partial charge on any atom is -0.427 e. The van der Waals surface area contributed by atoms with Gasteiger partial charge in [-0.1, -0.05) is 18.2 Å². The summed E-state index contributed by atoms with van der Waals surface area (Å²) in [5.74, 6) is 0. The maximum absolute atomic E-state index is 7.61. The summed E-state index contributed by atoms with van der Waals surface area (Å²) in [6.45, 7) is 1.28. The first-order chi connectivity index (χ1) is 5.47. The van der Waals surface area contributed by atoms with Crippen molar-refractivity contribution in [1.82, 2.24) is 0 Å². The Morgan fingerprint density at radius 2 is 2.08 bits per heavy atom. The molecule has 0 heterocycles. The minimum absolute atomic E-state index is 0.0586. The smallest absolute Gasteiger partial charge is 0.427 e. The number of fused-ring (bicyclic) bond motifs is 1. The Labute approximate surface area is 83.3 Å². The molecule has 0 bridgehead atoms. The molecule has 0 amide bonds. The van der Waals surface area contributed by atoms with Gasteiger partial charge in [0.05, 0.1) is 4.75 Å². The van der Waals surface area contributed by atoms with E-state index in [1.165, 1.54) is 12.4 Å². The second-order valence-corrected chi connectivity index (χ2v) is 4.16. The van der Waals surface area contributed by atoms with Crippen molar-refractivity contribution in [3.8, 4) is 0 Å². The largest absolute Gasteiger partial charge is 0.448 e. The molecular formula is C7H11BO2S2. The SMILES string of the molecule is CB(O)O.SC1C=CC2=CC21S. The van der Waals surface area contributed by atoms with Crippen LogP contribution in [0.2, 0.25) is 6.82 Å². The Balaban J connectivity index is 0.000000157. The van der Waals surface area contributed by atoms with Gasteiger partial charge in [-0.2, -0.15) is 25.3 Å². The van der Waals surface area contributed by atoms with Crippen molar-refractivity contribution in [2.75, 3.05) is 0 Å². The Morgan fingerprint density at radius 1 is 1.58 bits per heavy atom. The third-order valence-electron chi connectivity index (χ3n) is 1.66. The summed E-state index contributed by atoms with van der Waals surface area (Å²) < 4.78 is 0.0586. The third kappa shape index (κ3) is 2.10. The van der Waals surface area contributed by atoms with Crippen LogP contribution in [0.1, 0.15) is 0 Å². The lowest BCUT2D eigenvalue weighted by atomic mass is 9.99. The summed E-state index contributed by atoms with van der Waals surface area (Å²) in [7, 11) is -1.17. The van der Waals surface area contributed by atoms with E-state index >= 15 is 0 Å². The molecule has 0 saturated carbocycles. The van der Waals surface area contributed by atoms with Gasteiger partial charge in [0.1, 0.15) is 0 Å². The average molecular weight is 202 g/mol. The molecule has 0 spiro atoms. The van der Waals surface area contributed by atoms with Gasteiger partial charge in [0, 0.05) is 5.25 Å². The molecule has 0 radical (unpaired) electrons. The van der Waals surface area contributed by atoms with Crippen molar-refractivity contribution in [2.45, 2.75) is 16.8 Å². The van der Waals surface area contributed by atoms with Gasteiger partial charge in [-0.05, 0) is 12.4 Å². The second-order valence-electron chi connectivity index (χ2n) is 2.86. The van der Waals surface area contributed by atoms with Gasteiger partial charge in [0.25, 0.3) is 0 Å². The predicted octanol–water partition coefficient (Wildman–Crippen LogP) is 0.552. The molecule has 2 N–H and O–H groups in total. The van der Waals surface area contributed by atoms with E-state index in [-0.39, 0.29) is 4.75 Å². The zero-order chi connectivity index (χ0) is 9.35. The first-order valence-corrected chi connectivity index (χ1v) is 4.61. The van der Waals surface area contributed by atoms with Crippen LogP contribution in [-0.2, 0) is 0 Å². The molecule has 0 aromatic carbocycles. The van der Waals surface area contributed by atoms with Crippen LogP contribution in [0.15, 0.2) is 23.8 Å². The van der Waals surface area contributed by atoms with Crippen molar-refractivity contribution in [1.29, 1.82) is 0 Å². The number of hydrogen-bond acceptors (Lipinski definition) is 4. The molecule has 2 aliphatic rings. The molecule has 2 atom stereocenters. The van der Waals surface area contributed by atoms with Crippen molar-refractivity contribution in [3.05, 3.63) is 23.8 Å². The second kappa shape index (κ2) is 3.50. The van der Waals surface area contributed by atoms with Crippen LogP contribution in [0.3, 0.4) is 0 Å². The van der Waals surface area contributed by atoms with Crippen molar-refractivity contribution in [2.24, 2.45) is 0 Å². The lowest BCUT2D eigenvalue weighted by Gasteiger charge is -2.08. The van der Waals surface area contributed by atoms with Gasteiger partial charge < -0.3 is 10.0 Å². The first-order valence-electron chi connectivity index (χ1n) is 3.65. The Hall–Kier alpha value is 0.165. The maximum atomic E-state index is 7.61. The lowest BCUT2D eigenvalue weighted by Crippen LogP contribution is -2.13. The van der Waals surface area contributed by atoms with Gasteiger partial charge in [-0.3, -0.25) is 0 Å². The van der Waals surface area contributed by atoms with Crippen molar-refractivity contribution < 1.29 is 10.0 Å². The van der Waals surface area contributed by atoms with Crippen molar-refractivity contribution in [3.63, 3.8) is 0 Å². The molecule has 2 rings (SSSR count). The summed E-state index contributed by atoms with van der Waals surface area (Å²) in [4.78, 5) is 0. The fourth-order valence-electron chi connectivity index (χ4n) is 0.980. The van der Waals surface area contributed by atoms with Crippen LogP contribution < -0.4 is 0 Å². The van der Waals surface area contributed by atoms with Crippen LogP contribution in [-0.4, -0.2) is 27.2 Å². The number of thiol groups is 2. The highest BCUT2D eigenvalue weighted by Crippen LogP contribution is 2.51. The summed E-state index contributed by atoms with van der Waals surface area (Å²) in [5.41, 5.74) is 1.33. The molecule has 66 valence electrons. The van der Waals surface area contributed by atoms with E-state index in [0.29, 0.717) is 5.25 Å². The van der Waals surface area contributed by atoms with E-state index in [2.05, 4.69) is 43.5 Å². The topological polar surface area (TPSA) is 40.5 Å². The van der Waals surface area contributed by atoms with E-state index in [9.17, 15) is 0 Å². The third-order valence-corrected chi connectivity index (χ3v) is 3.11. The Kier molecular flexibility index (Phi) is 2.99. The molecule has 0 aromatic rings. The van der Waals surface area contributed by atoms with Crippen LogP contribution >= 0.6 is 25.3 Å². The molecular weight excluding hydrogens is 191 g/mol.